The highest BCUT2D eigenvalue weighted by Crippen LogP contribution is 2.52. The second kappa shape index (κ2) is 14.9. The number of amidine groups is 1. The largest absolute Gasteiger partial charge is 0.445 e. The first-order valence-electron chi connectivity index (χ1n) is 14.8. The molecule has 0 radical (unpaired) electrons. The van der Waals surface area contributed by atoms with Gasteiger partial charge in [-0.1, -0.05) is 109 Å². The van der Waals surface area contributed by atoms with E-state index < -0.39 is 10.8 Å². The molecule has 3 aromatic carbocycles. The molecule has 3 amide bonds. The number of hydrogen-bond acceptors (Lipinski definition) is 7. The number of nitrogens with zero attached hydrogens (tertiary/aromatic N) is 3. The molecule has 0 aliphatic carbocycles. The maximum Gasteiger partial charge on any atom is 0.410 e. The Morgan fingerprint density at radius 1 is 0.977 bits per heavy atom. The zero-order valence-corrected chi connectivity index (χ0v) is 25.4. The Morgan fingerprint density at radius 3 is 2.02 bits per heavy atom. The van der Waals surface area contributed by atoms with Gasteiger partial charge in [-0.25, -0.2) is 9.59 Å². The molecular formula is C34H38N4O5S. The maximum atomic E-state index is 13.3. The van der Waals surface area contributed by atoms with Gasteiger partial charge in [0.1, 0.15) is 6.61 Å². The van der Waals surface area contributed by atoms with Gasteiger partial charge in [-0.2, -0.15) is 0 Å². The summed E-state index contributed by atoms with van der Waals surface area (Å²) in [6.45, 7) is 5.97. The number of hydrogen-bond donors (Lipinski definition) is 2. The third-order valence-electron chi connectivity index (χ3n) is 7.92. The summed E-state index contributed by atoms with van der Waals surface area (Å²) in [6, 6.07) is 30.5. The molecule has 0 aromatic heterocycles. The van der Waals surface area contributed by atoms with Crippen LogP contribution in [0.3, 0.4) is 0 Å². The number of thioether (sulfide) groups is 1. The number of nitrogens with one attached hydrogen (secondary N) is 1. The molecular weight excluding hydrogens is 576 g/mol. The summed E-state index contributed by atoms with van der Waals surface area (Å²) in [6.07, 6.45) is 1.81. The monoisotopic (exact) mass is 614 g/mol. The van der Waals surface area contributed by atoms with Crippen molar-refractivity contribution in [2.45, 2.75) is 28.9 Å². The highest BCUT2D eigenvalue weighted by molar-refractivity contribution is 8.01. The third-order valence-corrected chi connectivity index (χ3v) is 9.65. The molecule has 10 heteroatoms. The van der Waals surface area contributed by atoms with Gasteiger partial charge in [0.05, 0.1) is 18.0 Å². The average molecular weight is 615 g/mol. The molecule has 0 saturated carbocycles. The van der Waals surface area contributed by atoms with Crippen LogP contribution in [0, 0.1) is 0 Å². The van der Waals surface area contributed by atoms with Crippen molar-refractivity contribution in [3.8, 4) is 0 Å². The molecule has 0 bridgehead atoms. The minimum Gasteiger partial charge on any atom is -0.445 e. The summed E-state index contributed by atoms with van der Waals surface area (Å²) < 4.78 is 10.2. The van der Waals surface area contributed by atoms with Crippen LogP contribution in [0.5, 0.6) is 0 Å². The van der Waals surface area contributed by atoms with E-state index in [4.69, 9.17) is 9.47 Å². The highest BCUT2D eigenvalue weighted by Gasteiger charge is 2.45. The van der Waals surface area contributed by atoms with Gasteiger partial charge >= 0.3 is 12.1 Å². The molecule has 44 heavy (non-hydrogen) atoms. The van der Waals surface area contributed by atoms with Crippen molar-refractivity contribution in [3.05, 3.63) is 120 Å². The van der Waals surface area contributed by atoms with E-state index in [9.17, 15) is 14.8 Å². The van der Waals surface area contributed by atoms with Crippen LogP contribution in [0.1, 0.15) is 29.5 Å². The van der Waals surface area contributed by atoms with Gasteiger partial charge in [-0.05, 0) is 23.1 Å². The second-order valence-electron chi connectivity index (χ2n) is 10.7. The fourth-order valence-corrected chi connectivity index (χ4v) is 7.74. The summed E-state index contributed by atoms with van der Waals surface area (Å²) in [5.74, 6) is 0.0964. The predicted octanol–water partition coefficient (Wildman–Crippen LogP) is 5.70. The second-order valence-corrected chi connectivity index (χ2v) is 12.2. The van der Waals surface area contributed by atoms with E-state index >= 15 is 0 Å². The van der Waals surface area contributed by atoms with E-state index in [1.165, 1.54) is 6.08 Å². The van der Waals surface area contributed by atoms with Crippen LogP contribution >= 0.6 is 11.8 Å². The van der Waals surface area contributed by atoms with Gasteiger partial charge in [0.25, 0.3) is 0 Å². The van der Waals surface area contributed by atoms with Crippen LogP contribution in [-0.4, -0.2) is 83.7 Å². The van der Waals surface area contributed by atoms with E-state index in [0.717, 1.165) is 16.7 Å². The average Bonchev–Trinajstić information content (AvgIpc) is 3.49. The van der Waals surface area contributed by atoms with Gasteiger partial charge in [-0.15, -0.1) is 11.8 Å². The summed E-state index contributed by atoms with van der Waals surface area (Å²) in [4.78, 5) is 29.5. The number of likely N-dealkylation sites (tertiary alicyclic amines) is 1. The Hall–Kier alpha value is -4.28. The predicted molar refractivity (Wildman–Crippen MR) is 172 cm³/mol. The maximum absolute atomic E-state index is 13.3. The number of oxime groups is 1. The van der Waals surface area contributed by atoms with Crippen molar-refractivity contribution in [1.82, 2.24) is 15.1 Å². The van der Waals surface area contributed by atoms with Crippen LogP contribution in [0.2, 0.25) is 0 Å². The number of carbonyl (C=O) groups excluding carboxylic acids is 2. The first kappa shape index (κ1) is 31.2. The zero-order valence-electron chi connectivity index (χ0n) is 24.6. The normalized spacial score (nSPS) is 19.0. The molecule has 3 aromatic rings. The SMILES string of the molecule is C=CCOC(=O)N1C[C@@H](SC(c2ccccc2)(c2ccccc2)c2ccccc2)C[C@H]1C/C(=N/O)NC(=O)N1CCOCC1. The Labute approximate surface area is 262 Å². The van der Waals surface area contributed by atoms with Crippen molar-refractivity contribution in [2.24, 2.45) is 5.16 Å². The summed E-state index contributed by atoms with van der Waals surface area (Å²) >= 11 is 1.80. The number of morpholine rings is 1. The lowest BCUT2D eigenvalue weighted by Gasteiger charge is -2.37. The molecule has 9 nitrogen and oxygen atoms in total. The fraction of sp³-hybridized carbons (Fsp3) is 0.324. The van der Waals surface area contributed by atoms with Crippen molar-refractivity contribution in [3.63, 3.8) is 0 Å². The van der Waals surface area contributed by atoms with Gasteiger partial charge in [0.15, 0.2) is 5.84 Å². The molecule has 0 spiro atoms. The van der Waals surface area contributed by atoms with E-state index in [2.05, 4.69) is 53.4 Å². The number of carbonyl (C=O) groups is 2. The number of benzene rings is 3. The number of ether oxygens (including phenoxy) is 2. The van der Waals surface area contributed by atoms with Gasteiger partial charge in [0, 0.05) is 37.3 Å². The van der Waals surface area contributed by atoms with Gasteiger partial charge in [-0.3, -0.25) is 5.32 Å². The van der Waals surface area contributed by atoms with Crippen LogP contribution in [0.15, 0.2) is 109 Å². The minimum atomic E-state index is -0.571. The summed E-state index contributed by atoms with van der Waals surface area (Å²) in [7, 11) is 0. The smallest absolute Gasteiger partial charge is 0.410 e. The molecule has 0 unspecified atom stereocenters. The Bertz CT molecular complexity index is 1320. The van der Waals surface area contributed by atoms with E-state index in [0.29, 0.717) is 39.3 Å². The molecule has 2 saturated heterocycles. The summed E-state index contributed by atoms with van der Waals surface area (Å²) in [5.41, 5.74) is 3.38. The molecule has 230 valence electrons. The standard InChI is InChI=1S/C34H38N4O5S/c1-2-20-43-33(40)38-25-30(23-29(38)24-31(36-41)35-32(39)37-18-21-42-22-19-37)44-34(26-12-6-3-7-13-26,27-14-8-4-9-15-27)28-16-10-5-11-17-28/h2-17,29-30,41H,1,18-25H2,(H,35,36,39)/t29-,30-/m0/s1. The highest BCUT2D eigenvalue weighted by atomic mass is 32.2. The molecule has 5 rings (SSSR count). The zero-order chi connectivity index (χ0) is 30.8. The van der Waals surface area contributed by atoms with Crippen LogP contribution in [0.25, 0.3) is 0 Å². The molecule has 2 heterocycles. The molecule has 2 aliphatic rings. The first-order valence-corrected chi connectivity index (χ1v) is 15.7. The van der Waals surface area contributed by atoms with E-state index in [1.807, 2.05) is 54.6 Å². The lowest BCUT2D eigenvalue weighted by atomic mass is 9.84. The molecule has 2 N–H and O–H groups in total. The van der Waals surface area contributed by atoms with Crippen molar-refractivity contribution >= 4 is 29.7 Å². The van der Waals surface area contributed by atoms with Crippen LogP contribution < -0.4 is 5.32 Å². The Kier molecular flexibility index (Phi) is 10.6. The number of urea groups is 1. The quantitative estimate of drug-likeness (QED) is 0.0801. The molecule has 2 fully saturated rings. The lowest BCUT2D eigenvalue weighted by Crippen LogP contribution is -2.49. The van der Waals surface area contributed by atoms with Gasteiger partial charge in [0.2, 0.25) is 0 Å². The van der Waals surface area contributed by atoms with E-state index in [1.54, 1.807) is 21.6 Å². The summed E-state index contributed by atoms with van der Waals surface area (Å²) in [5, 5.41) is 16.0. The Morgan fingerprint density at radius 2 is 1.52 bits per heavy atom. The van der Waals surface area contributed by atoms with Crippen molar-refractivity contribution in [2.75, 3.05) is 39.5 Å². The van der Waals surface area contributed by atoms with Gasteiger partial charge < -0.3 is 24.5 Å². The first-order chi connectivity index (χ1) is 21.5. The Balaban J connectivity index is 1.46. The van der Waals surface area contributed by atoms with Crippen LogP contribution in [0.4, 0.5) is 9.59 Å². The van der Waals surface area contributed by atoms with Crippen molar-refractivity contribution in [1.29, 1.82) is 0 Å². The topological polar surface area (TPSA) is 104 Å². The van der Waals surface area contributed by atoms with Crippen molar-refractivity contribution < 1.29 is 24.3 Å². The molecule has 2 atom stereocenters. The van der Waals surface area contributed by atoms with E-state index in [-0.39, 0.29) is 36.2 Å². The number of rotatable bonds is 9. The molecule has 2 aliphatic heterocycles. The minimum absolute atomic E-state index is 0.0215. The van der Waals surface area contributed by atoms with Crippen LogP contribution in [-0.2, 0) is 14.2 Å². The fourth-order valence-electron chi connectivity index (χ4n) is 5.87. The third kappa shape index (κ3) is 7.09. The number of amides is 3. The lowest BCUT2D eigenvalue weighted by molar-refractivity contribution is 0.0542.